The topological polar surface area (TPSA) is 117 Å². The lowest BCUT2D eigenvalue weighted by Crippen LogP contribution is -2.31. The summed E-state index contributed by atoms with van der Waals surface area (Å²) in [6, 6.07) is 4.87. The molecule has 0 atom stereocenters. The van der Waals surface area contributed by atoms with E-state index in [1.807, 2.05) is 0 Å². The standard InChI is InChI=1S/C11H12N4O3/c1-6-2-3-9(18-6)8-4-7(12)11(17)15(14-8)5-10(13)16/h2-4H,5,12H2,1H3,(H2,13,16). The Morgan fingerprint density at radius 1 is 1.50 bits per heavy atom. The van der Waals surface area contributed by atoms with Crippen LogP contribution in [0.1, 0.15) is 5.76 Å². The number of nitrogens with two attached hydrogens (primary N) is 2. The monoisotopic (exact) mass is 248 g/mol. The van der Waals surface area contributed by atoms with E-state index in [2.05, 4.69) is 5.10 Å². The molecule has 0 radical (unpaired) electrons. The first kappa shape index (κ1) is 11.9. The van der Waals surface area contributed by atoms with E-state index in [-0.39, 0.29) is 12.2 Å². The summed E-state index contributed by atoms with van der Waals surface area (Å²) in [6.45, 7) is 1.46. The maximum Gasteiger partial charge on any atom is 0.290 e. The number of carbonyl (C=O) groups is 1. The van der Waals surface area contributed by atoms with Gasteiger partial charge in [0.2, 0.25) is 5.91 Å². The van der Waals surface area contributed by atoms with Crippen molar-refractivity contribution in [2.45, 2.75) is 13.5 Å². The highest BCUT2D eigenvalue weighted by molar-refractivity contribution is 5.73. The third-order valence-electron chi connectivity index (χ3n) is 2.30. The van der Waals surface area contributed by atoms with Gasteiger partial charge in [-0.2, -0.15) is 5.10 Å². The Morgan fingerprint density at radius 2 is 2.22 bits per heavy atom. The summed E-state index contributed by atoms with van der Waals surface area (Å²) in [5.41, 5.74) is 10.4. The number of rotatable bonds is 3. The Balaban J connectivity index is 2.53. The van der Waals surface area contributed by atoms with Crippen molar-refractivity contribution in [1.82, 2.24) is 9.78 Å². The first-order chi connectivity index (χ1) is 8.47. The Labute approximate surface area is 102 Å². The number of aromatic nitrogens is 2. The summed E-state index contributed by atoms with van der Waals surface area (Å²) >= 11 is 0. The van der Waals surface area contributed by atoms with Crippen molar-refractivity contribution in [3.8, 4) is 11.5 Å². The van der Waals surface area contributed by atoms with E-state index >= 15 is 0 Å². The first-order valence-electron chi connectivity index (χ1n) is 5.20. The average molecular weight is 248 g/mol. The van der Waals surface area contributed by atoms with E-state index in [1.165, 1.54) is 6.07 Å². The van der Waals surface area contributed by atoms with E-state index in [9.17, 15) is 9.59 Å². The molecule has 0 aliphatic heterocycles. The minimum atomic E-state index is -0.670. The average Bonchev–Trinajstić information content (AvgIpc) is 2.70. The number of furan rings is 1. The lowest BCUT2D eigenvalue weighted by atomic mass is 10.3. The zero-order chi connectivity index (χ0) is 13.3. The smallest absolute Gasteiger partial charge is 0.290 e. The molecule has 1 amide bonds. The van der Waals surface area contributed by atoms with Crippen LogP contribution >= 0.6 is 0 Å². The van der Waals surface area contributed by atoms with E-state index < -0.39 is 11.5 Å². The molecule has 0 saturated heterocycles. The van der Waals surface area contributed by atoms with Gasteiger partial charge in [0.25, 0.3) is 5.56 Å². The van der Waals surface area contributed by atoms with Gasteiger partial charge in [-0.25, -0.2) is 4.68 Å². The largest absolute Gasteiger partial charge is 0.460 e. The predicted molar refractivity (Wildman–Crippen MR) is 64.5 cm³/mol. The van der Waals surface area contributed by atoms with Gasteiger partial charge in [0.05, 0.1) is 0 Å². The summed E-state index contributed by atoms with van der Waals surface area (Å²) in [7, 11) is 0. The number of amides is 1. The van der Waals surface area contributed by atoms with E-state index in [1.54, 1.807) is 19.1 Å². The van der Waals surface area contributed by atoms with Crippen LogP contribution in [0.25, 0.3) is 11.5 Å². The van der Waals surface area contributed by atoms with Gasteiger partial charge in [0.1, 0.15) is 23.7 Å². The molecule has 7 nitrogen and oxygen atoms in total. The maximum absolute atomic E-state index is 11.6. The van der Waals surface area contributed by atoms with Crippen LogP contribution in [0.3, 0.4) is 0 Å². The molecule has 0 aromatic carbocycles. The zero-order valence-electron chi connectivity index (χ0n) is 9.71. The van der Waals surface area contributed by atoms with Crippen molar-refractivity contribution < 1.29 is 9.21 Å². The van der Waals surface area contributed by atoms with Crippen LogP contribution in [0.15, 0.2) is 27.4 Å². The second-order valence-electron chi connectivity index (χ2n) is 3.82. The fourth-order valence-electron chi connectivity index (χ4n) is 1.51. The highest BCUT2D eigenvalue weighted by Gasteiger charge is 2.11. The Hall–Kier alpha value is -2.57. The highest BCUT2D eigenvalue weighted by Crippen LogP contribution is 2.19. The van der Waals surface area contributed by atoms with E-state index in [0.717, 1.165) is 4.68 Å². The van der Waals surface area contributed by atoms with Gasteiger partial charge in [-0.3, -0.25) is 9.59 Å². The molecule has 0 saturated carbocycles. The minimum Gasteiger partial charge on any atom is -0.460 e. The molecule has 2 rings (SSSR count). The van der Waals surface area contributed by atoms with Crippen molar-refractivity contribution in [2.24, 2.45) is 5.73 Å². The highest BCUT2D eigenvalue weighted by atomic mass is 16.3. The van der Waals surface area contributed by atoms with Crippen LogP contribution in [0.4, 0.5) is 5.69 Å². The Morgan fingerprint density at radius 3 is 2.78 bits per heavy atom. The molecule has 0 aliphatic rings. The van der Waals surface area contributed by atoms with Crippen LogP contribution in [0.2, 0.25) is 0 Å². The molecule has 18 heavy (non-hydrogen) atoms. The van der Waals surface area contributed by atoms with Crippen LogP contribution in [0.5, 0.6) is 0 Å². The molecule has 0 fully saturated rings. The van der Waals surface area contributed by atoms with Gasteiger partial charge < -0.3 is 15.9 Å². The molecular formula is C11H12N4O3. The lowest BCUT2D eigenvalue weighted by molar-refractivity contribution is -0.118. The molecule has 4 N–H and O–H groups in total. The third kappa shape index (κ3) is 2.24. The second kappa shape index (κ2) is 4.36. The number of hydrogen-bond donors (Lipinski definition) is 2. The van der Waals surface area contributed by atoms with Gasteiger partial charge >= 0.3 is 0 Å². The molecule has 2 aromatic rings. The van der Waals surface area contributed by atoms with Crippen molar-refractivity contribution in [3.05, 3.63) is 34.3 Å². The molecule has 7 heteroatoms. The normalized spacial score (nSPS) is 10.5. The van der Waals surface area contributed by atoms with Crippen LogP contribution in [-0.2, 0) is 11.3 Å². The van der Waals surface area contributed by atoms with Gasteiger partial charge in [-0.05, 0) is 25.1 Å². The summed E-state index contributed by atoms with van der Waals surface area (Å²) in [4.78, 5) is 22.5. The zero-order valence-corrected chi connectivity index (χ0v) is 9.71. The number of primary amides is 1. The Kier molecular flexibility index (Phi) is 2.88. The molecule has 0 unspecified atom stereocenters. The van der Waals surface area contributed by atoms with Gasteiger partial charge in [-0.1, -0.05) is 0 Å². The van der Waals surface area contributed by atoms with E-state index in [4.69, 9.17) is 15.9 Å². The van der Waals surface area contributed by atoms with Crippen LogP contribution in [0, 0.1) is 6.92 Å². The number of nitrogen functional groups attached to an aromatic ring is 1. The number of carbonyl (C=O) groups excluding carboxylic acids is 1. The number of hydrogen-bond acceptors (Lipinski definition) is 5. The first-order valence-corrected chi connectivity index (χ1v) is 5.20. The second-order valence-corrected chi connectivity index (χ2v) is 3.82. The molecule has 2 aromatic heterocycles. The molecule has 0 aliphatic carbocycles. The molecule has 2 heterocycles. The fourth-order valence-corrected chi connectivity index (χ4v) is 1.51. The van der Waals surface area contributed by atoms with Gasteiger partial charge in [0, 0.05) is 0 Å². The SMILES string of the molecule is Cc1ccc(-c2cc(N)c(=O)n(CC(N)=O)n2)o1. The van der Waals surface area contributed by atoms with Crippen molar-refractivity contribution in [3.63, 3.8) is 0 Å². The van der Waals surface area contributed by atoms with Crippen molar-refractivity contribution in [1.29, 1.82) is 0 Å². The Bertz CT molecular complexity index is 657. The van der Waals surface area contributed by atoms with Crippen molar-refractivity contribution in [2.75, 3.05) is 5.73 Å². The molecule has 0 spiro atoms. The maximum atomic E-state index is 11.6. The number of aryl methyl sites for hydroxylation is 1. The summed E-state index contributed by atoms with van der Waals surface area (Å²) in [5, 5.41) is 3.99. The summed E-state index contributed by atoms with van der Waals surface area (Å²) in [6.07, 6.45) is 0. The molecule has 0 bridgehead atoms. The predicted octanol–water partition coefficient (Wildman–Crippen LogP) is -0.121. The third-order valence-corrected chi connectivity index (χ3v) is 2.30. The minimum absolute atomic E-state index is 0.0182. The van der Waals surface area contributed by atoms with Gasteiger partial charge in [0.15, 0.2) is 5.76 Å². The lowest BCUT2D eigenvalue weighted by Gasteiger charge is -2.05. The fraction of sp³-hybridized carbons (Fsp3) is 0.182. The van der Waals surface area contributed by atoms with Crippen LogP contribution in [-0.4, -0.2) is 15.7 Å². The van der Waals surface area contributed by atoms with Gasteiger partial charge in [-0.15, -0.1) is 0 Å². The van der Waals surface area contributed by atoms with Crippen molar-refractivity contribution >= 4 is 11.6 Å². The van der Waals surface area contributed by atoms with E-state index in [0.29, 0.717) is 17.2 Å². The molecular weight excluding hydrogens is 236 g/mol. The summed E-state index contributed by atoms with van der Waals surface area (Å²) in [5.74, 6) is 0.507. The number of nitrogens with zero attached hydrogens (tertiary/aromatic N) is 2. The number of anilines is 1. The molecule has 94 valence electrons. The van der Waals surface area contributed by atoms with Crippen LogP contribution < -0.4 is 17.0 Å². The quantitative estimate of drug-likeness (QED) is 0.785. The summed E-state index contributed by atoms with van der Waals surface area (Å²) < 4.78 is 6.30.